The van der Waals surface area contributed by atoms with Crippen LogP contribution < -0.4 is 5.73 Å². The maximum Gasteiger partial charge on any atom is 0.176 e. The topological polar surface area (TPSA) is 63.3 Å². The van der Waals surface area contributed by atoms with Crippen molar-refractivity contribution in [3.63, 3.8) is 0 Å². The Kier molecular flexibility index (Phi) is 3.08. The minimum Gasteiger partial charge on any atom is -0.390 e. The van der Waals surface area contributed by atoms with Crippen LogP contribution in [0.15, 0.2) is 24.3 Å². The molecule has 0 amide bonds. The van der Waals surface area contributed by atoms with Crippen molar-refractivity contribution in [2.75, 3.05) is 6.54 Å². The van der Waals surface area contributed by atoms with Crippen molar-refractivity contribution in [1.82, 2.24) is 0 Å². The molecule has 0 heterocycles. The van der Waals surface area contributed by atoms with Crippen LogP contribution in [-0.2, 0) is 6.42 Å². The van der Waals surface area contributed by atoms with Crippen LogP contribution in [0.3, 0.4) is 0 Å². The molecule has 0 radical (unpaired) electrons. The first kappa shape index (κ1) is 11.3. The van der Waals surface area contributed by atoms with Gasteiger partial charge in [-0.1, -0.05) is 24.3 Å². The molecule has 86 valence electrons. The third-order valence-corrected chi connectivity index (χ3v) is 3.17. The normalized spacial score (nSPS) is 17.1. The highest BCUT2D eigenvalue weighted by Crippen LogP contribution is 2.39. The van der Waals surface area contributed by atoms with E-state index in [9.17, 15) is 9.90 Å². The lowest BCUT2D eigenvalue weighted by molar-refractivity contribution is 0.100. The minimum atomic E-state index is -0.397. The molecule has 0 aromatic heterocycles. The molecule has 1 saturated carbocycles. The van der Waals surface area contributed by atoms with Crippen molar-refractivity contribution in [3.05, 3.63) is 35.4 Å². The molecule has 3 nitrogen and oxygen atoms in total. The monoisotopic (exact) mass is 219 g/mol. The quantitative estimate of drug-likeness (QED) is 0.733. The molecular formula is C13H17NO2. The van der Waals surface area contributed by atoms with Gasteiger partial charge in [0, 0.05) is 5.56 Å². The van der Waals surface area contributed by atoms with E-state index in [2.05, 4.69) is 0 Å². The average Bonchev–Trinajstić information content (AvgIpc) is 3.05. The number of ketones is 1. The van der Waals surface area contributed by atoms with E-state index in [0.29, 0.717) is 5.56 Å². The molecule has 0 saturated heterocycles. The summed E-state index contributed by atoms with van der Waals surface area (Å²) in [4.78, 5) is 11.3. The molecule has 2 rings (SSSR count). The van der Waals surface area contributed by atoms with Crippen LogP contribution in [0.5, 0.6) is 0 Å². The summed E-state index contributed by atoms with van der Waals surface area (Å²) in [5.74, 6) is -0.0348. The summed E-state index contributed by atoms with van der Waals surface area (Å²) in [6, 6.07) is 7.49. The Balaban J connectivity index is 1.93. The van der Waals surface area contributed by atoms with Gasteiger partial charge in [-0.2, -0.15) is 0 Å². The Morgan fingerprint density at radius 2 is 1.94 bits per heavy atom. The first-order valence-corrected chi connectivity index (χ1v) is 5.68. The Morgan fingerprint density at radius 1 is 1.31 bits per heavy atom. The maximum atomic E-state index is 11.3. The number of hydrogen-bond donors (Lipinski definition) is 2. The molecule has 0 aliphatic heterocycles. The molecule has 1 aliphatic carbocycles. The molecule has 0 atom stereocenters. The number of carbonyl (C=O) groups is 1. The fraction of sp³-hybridized carbons (Fsp3) is 0.462. The zero-order valence-electron chi connectivity index (χ0n) is 9.28. The summed E-state index contributed by atoms with van der Waals surface area (Å²) in [6.07, 6.45) is 3.54. The van der Waals surface area contributed by atoms with E-state index in [1.165, 1.54) is 0 Å². The molecular weight excluding hydrogens is 202 g/mol. The van der Waals surface area contributed by atoms with E-state index in [0.717, 1.165) is 31.2 Å². The predicted molar refractivity (Wildman–Crippen MR) is 62.3 cm³/mol. The van der Waals surface area contributed by atoms with Gasteiger partial charge in [0.1, 0.15) is 0 Å². The van der Waals surface area contributed by atoms with Crippen molar-refractivity contribution in [2.45, 2.75) is 31.3 Å². The van der Waals surface area contributed by atoms with Gasteiger partial charge in [-0.25, -0.2) is 0 Å². The standard InChI is InChI=1S/C13H17NO2/c14-9-12(15)11-3-1-10(2-4-11)5-6-13(16)7-8-13/h1-4,16H,5-9,14H2. The van der Waals surface area contributed by atoms with Crippen LogP contribution >= 0.6 is 0 Å². The first-order chi connectivity index (χ1) is 7.63. The van der Waals surface area contributed by atoms with E-state index in [4.69, 9.17) is 5.73 Å². The number of benzene rings is 1. The van der Waals surface area contributed by atoms with Gasteiger partial charge in [-0.05, 0) is 31.2 Å². The molecule has 1 aromatic rings. The van der Waals surface area contributed by atoms with Gasteiger partial charge < -0.3 is 10.8 Å². The highest BCUT2D eigenvalue weighted by atomic mass is 16.3. The molecule has 1 aromatic carbocycles. The number of aryl methyl sites for hydroxylation is 1. The molecule has 1 fully saturated rings. The van der Waals surface area contributed by atoms with E-state index < -0.39 is 5.60 Å². The SMILES string of the molecule is NCC(=O)c1ccc(CCC2(O)CC2)cc1. The van der Waals surface area contributed by atoms with Gasteiger partial charge >= 0.3 is 0 Å². The highest BCUT2D eigenvalue weighted by molar-refractivity contribution is 5.97. The average molecular weight is 219 g/mol. The third-order valence-electron chi connectivity index (χ3n) is 3.17. The second-order valence-corrected chi connectivity index (χ2v) is 4.55. The Labute approximate surface area is 95.3 Å². The van der Waals surface area contributed by atoms with Crippen LogP contribution in [-0.4, -0.2) is 23.0 Å². The van der Waals surface area contributed by atoms with Gasteiger partial charge in [-0.15, -0.1) is 0 Å². The third kappa shape index (κ3) is 2.68. The number of Topliss-reactive ketones (excluding diaryl/α,β-unsaturated/α-hetero) is 1. The van der Waals surface area contributed by atoms with Crippen molar-refractivity contribution >= 4 is 5.78 Å². The summed E-state index contributed by atoms with van der Waals surface area (Å²) in [5.41, 5.74) is 6.71. The summed E-state index contributed by atoms with van der Waals surface area (Å²) in [5, 5.41) is 9.70. The lowest BCUT2D eigenvalue weighted by Gasteiger charge is -2.07. The first-order valence-electron chi connectivity index (χ1n) is 5.68. The minimum absolute atomic E-state index is 0.0348. The van der Waals surface area contributed by atoms with Crippen LogP contribution in [0.4, 0.5) is 0 Å². The van der Waals surface area contributed by atoms with E-state index >= 15 is 0 Å². The van der Waals surface area contributed by atoms with Crippen molar-refractivity contribution in [3.8, 4) is 0 Å². The van der Waals surface area contributed by atoms with E-state index in [-0.39, 0.29) is 12.3 Å². The molecule has 0 spiro atoms. The largest absolute Gasteiger partial charge is 0.390 e. The van der Waals surface area contributed by atoms with E-state index in [1.54, 1.807) is 0 Å². The number of rotatable bonds is 5. The summed E-state index contributed by atoms with van der Waals surface area (Å²) in [7, 11) is 0. The smallest absolute Gasteiger partial charge is 0.176 e. The molecule has 3 heteroatoms. The Morgan fingerprint density at radius 3 is 2.44 bits per heavy atom. The number of carbonyl (C=O) groups excluding carboxylic acids is 1. The summed E-state index contributed by atoms with van der Waals surface area (Å²) in [6.45, 7) is 0.0547. The van der Waals surface area contributed by atoms with Crippen LogP contribution in [0.1, 0.15) is 35.2 Å². The number of hydrogen-bond acceptors (Lipinski definition) is 3. The van der Waals surface area contributed by atoms with Crippen LogP contribution in [0, 0.1) is 0 Å². The van der Waals surface area contributed by atoms with Crippen molar-refractivity contribution in [1.29, 1.82) is 0 Å². The summed E-state index contributed by atoms with van der Waals surface area (Å²) < 4.78 is 0. The number of nitrogens with two attached hydrogens (primary N) is 1. The van der Waals surface area contributed by atoms with Gasteiger partial charge in [0.05, 0.1) is 12.1 Å². The van der Waals surface area contributed by atoms with Gasteiger partial charge in [0.2, 0.25) is 0 Å². The maximum absolute atomic E-state index is 11.3. The highest BCUT2D eigenvalue weighted by Gasteiger charge is 2.39. The Hall–Kier alpha value is -1.19. The molecule has 3 N–H and O–H groups in total. The molecule has 0 bridgehead atoms. The van der Waals surface area contributed by atoms with Gasteiger partial charge in [0.15, 0.2) is 5.78 Å². The van der Waals surface area contributed by atoms with Gasteiger partial charge in [-0.3, -0.25) is 4.79 Å². The molecule has 1 aliphatic rings. The second kappa shape index (κ2) is 4.36. The second-order valence-electron chi connectivity index (χ2n) is 4.55. The lowest BCUT2D eigenvalue weighted by atomic mass is 10.0. The van der Waals surface area contributed by atoms with E-state index in [1.807, 2.05) is 24.3 Å². The fourth-order valence-electron chi connectivity index (χ4n) is 1.75. The van der Waals surface area contributed by atoms with Gasteiger partial charge in [0.25, 0.3) is 0 Å². The Bertz CT molecular complexity index is 379. The fourth-order valence-corrected chi connectivity index (χ4v) is 1.75. The number of aliphatic hydroxyl groups is 1. The molecule has 0 unspecified atom stereocenters. The lowest BCUT2D eigenvalue weighted by Crippen LogP contribution is -2.13. The van der Waals surface area contributed by atoms with Crippen molar-refractivity contribution < 1.29 is 9.90 Å². The molecule has 16 heavy (non-hydrogen) atoms. The summed E-state index contributed by atoms with van der Waals surface area (Å²) >= 11 is 0. The van der Waals surface area contributed by atoms with Crippen LogP contribution in [0.2, 0.25) is 0 Å². The zero-order valence-corrected chi connectivity index (χ0v) is 9.28. The van der Waals surface area contributed by atoms with Crippen LogP contribution in [0.25, 0.3) is 0 Å². The zero-order chi connectivity index (χ0) is 11.6. The predicted octanol–water partition coefficient (Wildman–Crippen LogP) is 1.29. The van der Waals surface area contributed by atoms with Crippen molar-refractivity contribution in [2.24, 2.45) is 5.73 Å².